The van der Waals surface area contributed by atoms with Crippen LogP contribution in [-0.4, -0.2) is 32.1 Å². The highest BCUT2D eigenvalue weighted by Gasteiger charge is 2.01. The molecule has 0 heterocycles. The third-order valence-electron chi connectivity index (χ3n) is 2.32. The molecular formula is C13H18ClFN4O. The molecule has 1 aromatic carbocycles. The van der Waals surface area contributed by atoms with Crippen molar-refractivity contribution in [1.29, 1.82) is 0 Å². The molecule has 0 spiro atoms. The third-order valence-corrected chi connectivity index (χ3v) is 2.61. The van der Waals surface area contributed by atoms with Crippen LogP contribution in [-0.2, 0) is 4.74 Å². The van der Waals surface area contributed by atoms with E-state index in [1.165, 1.54) is 18.2 Å². The summed E-state index contributed by atoms with van der Waals surface area (Å²) in [4.78, 5) is 8.30. The Hall–Kier alpha value is -1.66. The van der Waals surface area contributed by atoms with Gasteiger partial charge in [-0.2, -0.15) is 0 Å². The Bertz CT molecular complexity index is 505. The fourth-order valence-corrected chi connectivity index (χ4v) is 1.59. The minimum absolute atomic E-state index is 0.0211. The minimum atomic E-state index is -0.483. The van der Waals surface area contributed by atoms with Crippen LogP contribution in [0.25, 0.3) is 0 Å². The Morgan fingerprint density at radius 1 is 1.50 bits per heavy atom. The van der Waals surface area contributed by atoms with E-state index in [9.17, 15) is 4.39 Å². The number of guanidine groups is 1. The van der Waals surface area contributed by atoms with E-state index in [1.54, 1.807) is 14.0 Å². The van der Waals surface area contributed by atoms with E-state index in [2.05, 4.69) is 15.3 Å². The average Bonchev–Trinajstić information content (AvgIpc) is 2.39. The monoisotopic (exact) mass is 300 g/mol. The Morgan fingerprint density at radius 3 is 2.90 bits per heavy atom. The molecule has 110 valence electrons. The maximum absolute atomic E-state index is 13.0. The first-order valence-electron chi connectivity index (χ1n) is 6.09. The van der Waals surface area contributed by atoms with Crippen molar-refractivity contribution < 1.29 is 9.13 Å². The normalized spacial score (nSPS) is 12.6. The van der Waals surface area contributed by atoms with Crippen LogP contribution < -0.4 is 11.1 Å². The van der Waals surface area contributed by atoms with Gasteiger partial charge in [0.15, 0.2) is 5.96 Å². The summed E-state index contributed by atoms with van der Waals surface area (Å²) in [6, 6.07) is 4.21. The van der Waals surface area contributed by atoms with Gasteiger partial charge in [-0.05, 0) is 31.5 Å². The van der Waals surface area contributed by atoms with Crippen molar-refractivity contribution in [3.63, 3.8) is 0 Å². The molecule has 0 radical (unpaired) electrons. The lowest BCUT2D eigenvalue weighted by molar-refractivity contribution is 0.197. The van der Waals surface area contributed by atoms with E-state index in [1.807, 2.05) is 0 Å². The molecule has 0 fully saturated rings. The van der Waals surface area contributed by atoms with Gasteiger partial charge < -0.3 is 15.8 Å². The molecule has 0 bridgehead atoms. The number of nitrogens with one attached hydrogen (secondary N) is 1. The number of ether oxygens (including phenoxy) is 1. The van der Waals surface area contributed by atoms with Crippen LogP contribution >= 0.6 is 11.6 Å². The summed E-state index contributed by atoms with van der Waals surface area (Å²) in [6.07, 6.45) is 0.824. The van der Waals surface area contributed by atoms with E-state index in [0.29, 0.717) is 24.7 Å². The quantitative estimate of drug-likeness (QED) is 0.499. The zero-order chi connectivity index (χ0) is 15.0. The predicted octanol–water partition coefficient (Wildman–Crippen LogP) is 2.66. The number of nitrogens with zero attached hydrogens (tertiary/aromatic N) is 2. The lowest BCUT2D eigenvalue weighted by Crippen LogP contribution is -2.23. The Labute approximate surface area is 122 Å². The number of anilines is 1. The number of hydrogen-bond acceptors (Lipinski definition) is 2. The van der Waals surface area contributed by atoms with Crippen LogP contribution in [0.3, 0.4) is 0 Å². The Morgan fingerprint density at radius 2 is 2.25 bits per heavy atom. The Kier molecular flexibility index (Phi) is 6.97. The zero-order valence-corrected chi connectivity index (χ0v) is 12.2. The molecule has 20 heavy (non-hydrogen) atoms. The van der Waals surface area contributed by atoms with E-state index in [0.717, 1.165) is 6.42 Å². The number of rotatable bonds is 5. The summed E-state index contributed by atoms with van der Waals surface area (Å²) >= 11 is 5.67. The summed E-state index contributed by atoms with van der Waals surface area (Å²) in [5.74, 6) is 0.239. The van der Waals surface area contributed by atoms with Gasteiger partial charge in [-0.1, -0.05) is 11.6 Å². The molecule has 1 aromatic rings. The van der Waals surface area contributed by atoms with Crippen LogP contribution in [0.5, 0.6) is 0 Å². The molecule has 0 aliphatic rings. The van der Waals surface area contributed by atoms with Crippen molar-refractivity contribution in [2.24, 2.45) is 15.7 Å². The molecule has 0 amide bonds. The van der Waals surface area contributed by atoms with Crippen molar-refractivity contribution in [1.82, 2.24) is 0 Å². The number of methoxy groups -OCH3 is 1. The molecule has 3 N–H and O–H groups in total. The van der Waals surface area contributed by atoms with Crippen LogP contribution in [0.15, 0.2) is 28.2 Å². The maximum atomic E-state index is 13.0. The lowest BCUT2D eigenvalue weighted by atomic mass is 10.3. The van der Waals surface area contributed by atoms with Crippen molar-refractivity contribution in [2.75, 3.05) is 25.6 Å². The highest BCUT2D eigenvalue weighted by molar-refractivity contribution is 6.31. The van der Waals surface area contributed by atoms with Gasteiger partial charge >= 0.3 is 0 Å². The standard InChI is InChI=1S/C13H18ClFN4O/c1-9(17-6-3-7-20-2)18-13(16)19-10-4-5-12(15)11(14)8-10/h4-5,8H,3,6-7H2,1-2H3,(H3,16,17,18,19). The lowest BCUT2D eigenvalue weighted by Gasteiger charge is -2.06. The van der Waals surface area contributed by atoms with Crippen molar-refractivity contribution in [3.8, 4) is 0 Å². The summed E-state index contributed by atoms with van der Waals surface area (Å²) in [7, 11) is 1.64. The second-order valence-electron chi connectivity index (χ2n) is 4.03. The molecule has 0 atom stereocenters. The number of halogens is 2. The predicted molar refractivity (Wildman–Crippen MR) is 81.1 cm³/mol. The second kappa shape index (κ2) is 8.50. The average molecular weight is 301 g/mol. The summed E-state index contributed by atoms with van der Waals surface area (Å²) < 4.78 is 17.9. The summed E-state index contributed by atoms with van der Waals surface area (Å²) in [5, 5.41) is 2.83. The first kappa shape index (κ1) is 16.4. The van der Waals surface area contributed by atoms with E-state index in [-0.39, 0.29) is 11.0 Å². The van der Waals surface area contributed by atoms with Gasteiger partial charge in [0.05, 0.1) is 5.02 Å². The van der Waals surface area contributed by atoms with Crippen LogP contribution in [0.2, 0.25) is 5.02 Å². The minimum Gasteiger partial charge on any atom is -0.385 e. The third kappa shape index (κ3) is 5.99. The molecule has 0 aliphatic heterocycles. The number of benzene rings is 1. The van der Waals surface area contributed by atoms with Gasteiger partial charge in [0.25, 0.3) is 0 Å². The van der Waals surface area contributed by atoms with E-state index < -0.39 is 5.82 Å². The van der Waals surface area contributed by atoms with Gasteiger partial charge in [0.1, 0.15) is 11.7 Å². The molecule has 7 heteroatoms. The molecule has 5 nitrogen and oxygen atoms in total. The number of hydrogen-bond donors (Lipinski definition) is 2. The van der Waals surface area contributed by atoms with Crippen LogP contribution in [0, 0.1) is 5.82 Å². The first-order chi connectivity index (χ1) is 9.52. The molecule has 0 unspecified atom stereocenters. The second-order valence-corrected chi connectivity index (χ2v) is 4.43. The van der Waals surface area contributed by atoms with Gasteiger partial charge in [0, 0.05) is 25.9 Å². The van der Waals surface area contributed by atoms with Crippen molar-refractivity contribution in [3.05, 3.63) is 29.0 Å². The first-order valence-corrected chi connectivity index (χ1v) is 6.47. The van der Waals surface area contributed by atoms with E-state index in [4.69, 9.17) is 22.1 Å². The molecular weight excluding hydrogens is 283 g/mol. The summed E-state index contributed by atoms with van der Waals surface area (Å²) in [5.41, 5.74) is 6.28. The SMILES string of the molecule is COCCCN=C(C)N=C(N)Nc1ccc(F)c(Cl)c1. The van der Waals surface area contributed by atoms with Gasteiger partial charge in [0.2, 0.25) is 0 Å². The fraction of sp³-hybridized carbons (Fsp3) is 0.385. The van der Waals surface area contributed by atoms with Gasteiger partial charge in [-0.25, -0.2) is 9.38 Å². The number of nitrogens with two attached hydrogens (primary N) is 1. The zero-order valence-electron chi connectivity index (χ0n) is 11.5. The maximum Gasteiger partial charge on any atom is 0.199 e. The molecule has 0 saturated heterocycles. The highest BCUT2D eigenvalue weighted by atomic mass is 35.5. The largest absolute Gasteiger partial charge is 0.385 e. The van der Waals surface area contributed by atoms with Gasteiger partial charge in [-0.3, -0.25) is 4.99 Å². The fourth-order valence-electron chi connectivity index (χ4n) is 1.41. The summed E-state index contributed by atoms with van der Waals surface area (Å²) in [6.45, 7) is 3.03. The topological polar surface area (TPSA) is 72.0 Å². The molecule has 1 rings (SSSR count). The van der Waals surface area contributed by atoms with Crippen molar-refractivity contribution >= 4 is 29.1 Å². The molecule has 0 saturated carbocycles. The number of aliphatic imine (C=N–C) groups is 2. The Balaban J connectivity index is 2.57. The van der Waals surface area contributed by atoms with Crippen molar-refractivity contribution in [2.45, 2.75) is 13.3 Å². The molecule has 0 aliphatic carbocycles. The van der Waals surface area contributed by atoms with E-state index >= 15 is 0 Å². The van der Waals surface area contributed by atoms with Crippen LogP contribution in [0.1, 0.15) is 13.3 Å². The van der Waals surface area contributed by atoms with Gasteiger partial charge in [-0.15, -0.1) is 0 Å². The highest BCUT2D eigenvalue weighted by Crippen LogP contribution is 2.18. The smallest absolute Gasteiger partial charge is 0.199 e. The molecule has 0 aromatic heterocycles. The number of amidine groups is 1. The van der Waals surface area contributed by atoms with Crippen LogP contribution in [0.4, 0.5) is 10.1 Å².